The number of aromatic nitrogens is 2. The number of carbonyl (C=O) groups is 1. The molecule has 1 heterocycles. The lowest BCUT2D eigenvalue weighted by molar-refractivity contribution is -0.123. The van der Waals surface area contributed by atoms with Crippen LogP contribution in [0, 0.1) is 19.8 Å². The summed E-state index contributed by atoms with van der Waals surface area (Å²) in [6, 6.07) is 2.08. The van der Waals surface area contributed by atoms with E-state index in [1.807, 2.05) is 25.5 Å². The second kappa shape index (κ2) is 12.1. The van der Waals surface area contributed by atoms with Gasteiger partial charge in [-0.1, -0.05) is 13.8 Å². The number of aliphatic imine (C=N–C) groups is 1. The zero-order valence-corrected chi connectivity index (χ0v) is 17.7. The molecule has 0 bridgehead atoms. The molecule has 0 aliphatic heterocycles. The molecule has 0 saturated carbocycles. The van der Waals surface area contributed by atoms with Gasteiger partial charge in [0, 0.05) is 44.8 Å². The van der Waals surface area contributed by atoms with Gasteiger partial charge in [-0.15, -0.1) is 24.0 Å². The average molecular weight is 450 g/mol. The Labute approximate surface area is 162 Å². The van der Waals surface area contributed by atoms with Gasteiger partial charge in [-0.3, -0.25) is 14.5 Å². The Morgan fingerprint density at radius 3 is 2.38 bits per heavy atom. The predicted octanol–water partition coefficient (Wildman–Crippen LogP) is 1.45. The van der Waals surface area contributed by atoms with Crippen LogP contribution in [-0.4, -0.2) is 48.3 Å². The maximum absolute atomic E-state index is 11.4. The number of nitrogens with zero attached hydrogens (tertiary/aromatic N) is 3. The number of carbonyl (C=O) groups excluding carboxylic acids is 1. The van der Waals surface area contributed by atoms with E-state index in [4.69, 9.17) is 0 Å². The van der Waals surface area contributed by atoms with Crippen molar-refractivity contribution in [3.8, 4) is 0 Å². The molecule has 0 aromatic carbocycles. The van der Waals surface area contributed by atoms with Crippen LogP contribution in [-0.2, 0) is 11.3 Å². The molecule has 0 radical (unpaired) electrons. The van der Waals surface area contributed by atoms with Crippen LogP contribution in [0.2, 0.25) is 0 Å². The van der Waals surface area contributed by atoms with Gasteiger partial charge >= 0.3 is 0 Å². The maximum Gasteiger partial charge on any atom is 0.222 e. The van der Waals surface area contributed by atoms with E-state index in [1.165, 1.54) is 5.69 Å². The number of hydrogen-bond acceptors (Lipinski definition) is 3. The standard InChI is InChI=1S/C16H30N6O.HI/c1-12(2)15(23)18-8-9-20-16(17-5)19-7-6-10-22-14(4)11-13(3)21-22;/h11-12H,6-10H2,1-5H3,(H,18,23)(H2,17,19,20);1H. The molecule has 0 saturated heterocycles. The summed E-state index contributed by atoms with van der Waals surface area (Å²) in [5.74, 6) is 0.832. The van der Waals surface area contributed by atoms with Crippen molar-refractivity contribution in [2.24, 2.45) is 10.9 Å². The highest BCUT2D eigenvalue weighted by molar-refractivity contribution is 14.0. The molecule has 0 aliphatic carbocycles. The molecule has 24 heavy (non-hydrogen) atoms. The number of amides is 1. The summed E-state index contributed by atoms with van der Waals surface area (Å²) >= 11 is 0. The summed E-state index contributed by atoms with van der Waals surface area (Å²) in [6.07, 6.45) is 0.965. The number of nitrogens with one attached hydrogen (secondary N) is 3. The van der Waals surface area contributed by atoms with E-state index >= 15 is 0 Å². The smallest absolute Gasteiger partial charge is 0.222 e. The molecule has 3 N–H and O–H groups in total. The highest BCUT2D eigenvalue weighted by Gasteiger charge is 2.05. The second-order valence-electron chi connectivity index (χ2n) is 5.88. The van der Waals surface area contributed by atoms with Gasteiger partial charge in [-0.2, -0.15) is 5.10 Å². The lowest BCUT2D eigenvalue weighted by Gasteiger charge is -2.13. The first-order valence-corrected chi connectivity index (χ1v) is 8.17. The number of guanidine groups is 1. The lowest BCUT2D eigenvalue weighted by Crippen LogP contribution is -2.42. The first-order chi connectivity index (χ1) is 10.9. The normalized spacial score (nSPS) is 11.2. The minimum Gasteiger partial charge on any atom is -0.356 e. The molecule has 0 unspecified atom stereocenters. The minimum atomic E-state index is 0. The van der Waals surface area contributed by atoms with Crippen molar-refractivity contribution in [1.29, 1.82) is 0 Å². The van der Waals surface area contributed by atoms with Crippen LogP contribution in [0.1, 0.15) is 31.7 Å². The predicted molar refractivity (Wildman–Crippen MR) is 109 cm³/mol. The fraction of sp³-hybridized carbons (Fsp3) is 0.688. The van der Waals surface area contributed by atoms with Gasteiger partial charge in [0.25, 0.3) is 0 Å². The van der Waals surface area contributed by atoms with Gasteiger partial charge in [0.15, 0.2) is 5.96 Å². The molecular weight excluding hydrogens is 419 g/mol. The number of hydrogen-bond donors (Lipinski definition) is 3. The SMILES string of the molecule is CN=C(NCCCn1nc(C)cc1C)NCCNC(=O)C(C)C.I. The van der Waals surface area contributed by atoms with E-state index in [0.717, 1.165) is 31.2 Å². The first-order valence-electron chi connectivity index (χ1n) is 8.17. The molecule has 1 amide bonds. The Hall–Kier alpha value is -1.32. The molecule has 0 fully saturated rings. The van der Waals surface area contributed by atoms with Gasteiger partial charge in [0.2, 0.25) is 5.91 Å². The van der Waals surface area contributed by atoms with Gasteiger partial charge in [0.05, 0.1) is 5.69 Å². The van der Waals surface area contributed by atoms with Gasteiger partial charge in [0.1, 0.15) is 0 Å². The molecule has 7 nitrogen and oxygen atoms in total. The summed E-state index contributed by atoms with van der Waals surface area (Å²) < 4.78 is 2.02. The third-order valence-electron chi connectivity index (χ3n) is 3.41. The summed E-state index contributed by atoms with van der Waals surface area (Å²) in [7, 11) is 1.74. The van der Waals surface area contributed by atoms with Crippen LogP contribution < -0.4 is 16.0 Å². The van der Waals surface area contributed by atoms with Gasteiger partial charge in [-0.05, 0) is 26.3 Å². The summed E-state index contributed by atoms with van der Waals surface area (Å²) in [5.41, 5.74) is 2.24. The van der Waals surface area contributed by atoms with Gasteiger partial charge < -0.3 is 16.0 Å². The fourth-order valence-electron chi connectivity index (χ4n) is 2.13. The van der Waals surface area contributed by atoms with Crippen molar-refractivity contribution < 1.29 is 4.79 Å². The van der Waals surface area contributed by atoms with Crippen molar-refractivity contribution in [2.45, 2.75) is 40.7 Å². The average Bonchev–Trinajstić information content (AvgIpc) is 2.83. The third kappa shape index (κ3) is 8.51. The Morgan fingerprint density at radius 2 is 1.83 bits per heavy atom. The van der Waals surface area contributed by atoms with Crippen LogP contribution in [0.15, 0.2) is 11.1 Å². The molecule has 1 rings (SSSR count). The molecule has 1 aromatic rings. The quantitative estimate of drug-likeness (QED) is 0.242. The highest BCUT2D eigenvalue weighted by Crippen LogP contribution is 2.02. The number of rotatable bonds is 8. The highest BCUT2D eigenvalue weighted by atomic mass is 127. The molecular formula is C16H31IN6O. The number of aryl methyl sites for hydroxylation is 3. The van der Waals surface area contributed by atoms with E-state index in [-0.39, 0.29) is 35.8 Å². The molecule has 8 heteroatoms. The largest absolute Gasteiger partial charge is 0.356 e. The van der Waals surface area contributed by atoms with Crippen molar-refractivity contribution in [2.75, 3.05) is 26.7 Å². The van der Waals surface area contributed by atoms with Crippen LogP contribution >= 0.6 is 24.0 Å². The van der Waals surface area contributed by atoms with Crippen LogP contribution in [0.4, 0.5) is 0 Å². The number of halogens is 1. The maximum atomic E-state index is 11.4. The Balaban J connectivity index is 0.00000529. The molecule has 0 atom stereocenters. The van der Waals surface area contributed by atoms with E-state index in [1.54, 1.807) is 7.05 Å². The van der Waals surface area contributed by atoms with Crippen LogP contribution in [0.25, 0.3) is 0 Å². The molecule has 0 aliphatic rings. The van der Waals surface area contributed by atoms with Crippen molar-refractivity contribution in [1.82, 2.24) is 25.7 Å². The lowest BCUT2D eigenvalue weighted by atomic mass is 10.2. The summed E-state index contributed by atoms with van der Waals surface area (Å²) in [4.78, 5) is 15.6. The monoisotopic (exact) mass is 450 g/mol. The Kier molecular flexibility index (Phi) is 11.4. The fourth-order valence-corrected chi connectivity index (χ4v) is 2.13. The third-order valence-corrected chi connectivity index (χ3v) is 3.41. The zero-order chi connectivity index (χ0) is 17.2. The Bertz CT molecular complexity index is 527. The molecule has 1 aromatic heterocycles. The minimum absolute atomic E-state index is 0. The van der Waals surface area contributed by atoms with E-state index in [9.17, 15) is 4.79 Å². The van der Waals surface area contributed by atoms with Crippen molar-refractivity contribution in [3.63, 3.8) is 0 Å². The van der Waals surface area contributed by atoms with Crippen LogP contribution in [0.3, 0.4) is 0 Å². The molecule has 138 valence electrons. The van der Waals surface area contributed by atoms with Crippen LogP contribution in [0.5, 0.6) is 0 Å². The van der Waals surface area contributed by atoms with E-state index in [0.29, 0.717) is 13.1 Å². The summed E-state index contributed by atoms with van der Waals surface area (Å²) in [6.45, 7) is 10.8. The molecule has 0 spiro atoms. The topological polar surface area (TPSA) is 83.3 Å². The summed E-state index contributed by atoms with van der Waals surface area (Å²) in [5, 5.41) is 13.7. The zero-order valence-electron chi connectivity index (χ0n) is 15.3. The van der Waals surface area contributed by atoms with Crippen molar-refractivity contribution >= 4 is 35.8 Å². The van der Waals surface area contributed by atoms with E-state index in [2.05, 4.69) is 39.0 Å². The second-order valence-corrected chi connectivity index (χ2v) is 5.88. The van der Waals surface area contributed by atoms with Crippen molar-refractivity contribution in [3.05, 3.63) is 17.5 Å². The first kappa shape index (κ1) is 22.7. The van der Waals surface area contributed by atoms with Gasteiger partial charge in [-0.25, -0.2) is 0 Å². The van der Waals surface area contributed by atoms with E-state index < -0.39 is 0 Å². The Morgan fingerprint density at radius 1 is 1.21 bits per heavy atom.